The Labute approximate surface area is 168 Å². The molecule has 0 bridgehead atoms. The zero-order chi connectivity index (χ0) is 21.0. The summed E-state index contributed by atoms with van der Waals surface area (Å²) in [6, 6.07) is 10.2. The molecule has 0 radical (unpaired) electrons. The summed E-state index contributed by atoms with van der Waals surface area (Å²) in [5, 5.41) is 0. The molecule has 0 aliphatic rings. The predicted molar refractivity (Wildman–Crippen MR) is 107 cm³/mol. The van der Waals surface area contributed by atoms with Gasteiger partial charge in [-0.05, 0) is 36.4 Å². The van der Waals surface area contributed by atoms with Crippen LogP contribution in [0.4, 0.5) is 0 Å². The minimum atomic E-state index is -0.298. The molecule has 0 aliphatic carbocycles. The van der Waals surface area contributed by atoms with Crippen LogP contribution in [-0.2, 0) is 0 Å². The van der Waals surface area contributed by atoms with Crippen LogP contribution >= 0.6 is 0 Å². The van der Waals surface area contributed by atoms with Crippen LogP contribution in [0.25, 0.3) is 11.3 Å². The van der Waals surface area contributed by atoms with Crippen molar-refractivity contribution in [3.8, 4) is 40.1 Å². The highest BCUT2D eigenvalue weighted by Crippen LogP contribution is 2.41. The lowest BCUT2D eigenvalue weighted by Gasteiger charge is -2.16. The standard InChI is InChI=1S/C22H22O7/c1-24-17-10-13(16-7-6-8-29-16)9-15(21(17)27-4)20(23)14-11-18(25-2)22(28-5)19(12-14)26-3/h6-12H,1-5H3. The number of ketones is 1. The van der Waals surface area contributed by atoms with Gasteiger partial charge in [-0.25, -0.2) is 0 Å². The molecule has 0 saturated heterocycles. The van der Waals surface area contributed by atoms with Gasteiger partial charge < -0.3 is 28.1 Å². The Hall–Kier alpha value is -3.61. The van der Waals surface area contributed by atoms with Crippen LogP contribution in [0.5, 0.6) is 28.7 Å². The Kier molecular flexibility index (Phi) is 5.97. The molecule has 3 rings (SSSR count). The van der Waals surface area contributed by atoms with Crippen LogP contribution in [0.2, 0.25) is 0 Å². The molecular weight excluding hydrogens is 376 g/mol. The molecule has 1 heterocycles. The van der Waals surface area contributed by atoms with Gasteiger partial charge in [0.15, 0.2) is 28.8 Å². The molecule has 0 amide bonds. The fourth-order valence-electron chi connectivity index (χ4n) is 3.09. The minimum absolute atomic E-state index is 0.298. The normalized spacial score (nSPS) is 10.4. The van der Waals surface area contributed by atoms with Crippen LogP contribution in [0.1, 0.15) is 15.9 Å². The number of ether oxygens (including phenoxy) is 5. The minimum Gasteiger partial charge on any atom is -0.493 e. The summed E-state index contributed by atoms with van der Waals surface area (Å²) in [6.07, 6.45) is 1.56. The average Bonchev–Trinajstić information content (AvgIpc) is 3.31. The Morgan fingerprint density at radius 2 is 1.34 bits per heavy atom. The first-order valence-electron chi connectivity index (χ1n) is 8.72. The zero-order valence-electron chi connectivity index (χ0n) is 16.9. The zero-order valence-corrected chi connectivity index (χ0v) is 16.9. The van der Waals surface area contributed by atoms with Crippen molar-refractivity contribution in [1.29, 1.82) is 0 Å². The quantitative estimate of drug-likeness (QED) is 0.526. The van der Waals surface area contributed by atoms with Crippen molar-refractivity contribution >= 4 is 5.78 Å². The Bertz CT molecular complexity index is 981. The summed E-state index contributed by atoms with van der Waals surface area (Å²) >= 11 is 0. The highest BCUT2D eigenvalue weighted by molar-refractivity contribution is 6.12. The van der Waals surface area contributed by atoms with E-state index >= 15 is 0 Å². The van der Waals surface area contributed by atoms with Gasteiger partial charge in [0.05, 0.1) is 47.4 Å². The van der Waals surface area contributed by atoms with Gasteiger partial charge in [0.25, 0.3) is 0 Å². The van der Waals surface area contributed by atoms with Crippen LogP contribution in [-0.4, -0.2) is 41.3 Å². The molecule has 7 nitrogen and oxygen atoms in total. The number of carbonyl (C=O) groups is 1. The second-order valence-electron chi connectivity index (χ2n) is 5.98. The summed E-state index contributed by atoms with van der Waals surface area (Å²) in [5.41, 5.74) is 1.34. The van der Waals surface area contributed by atoms with Crippen LogP contribution in [0, 0.1) is 0 Å². The van der Waals surface area contributed by atoms with E-state index in [0.717, 1.165) is 0 Å². The Balaban J connectivity index is 2.19. The third kappa shape index (κ3) is 3.71. The highest BCUT2D eigenvalue weighted by atomic mass is 16.5. The first-order valence-corrected chi connectivity index (χ1v) is 8.72. The topological polar surface area (TPSA) is 76.4 Å². The van der Waals surface area contributed by atoms with Crippen molar-refractivity contribution < 1.29 is 32.9 Å². The third-order valence-corrected chi connectivity index (χ3v) is 4.46. The van der Waals surface area contributed by atoms with Crippen LogP contribution in [0.15, 0.2) is 47.1 Å². The van der Waals surface area contributed by atoms with E-state index in [-0.39, 0.29) is 5.78 Å². The molecule has 3 aromatic rings. The molecule has 0 spiro atoms. The number of carbonyl (C=O) groups excluding carboxylic acids is 1. The maximum atomic E-state index is 13.4. The van der Waals surface area contributed by atoms with E-state index in [9.17, 15) is 4.79 Å². The second-order valence-corrected chi connectivity index (χ2v) is 5.98. The molecule has 0 aliphatic heterocycles. The first kappa shape index (κ1) is 20.1. The smallest absolute Gasteiger partial charge is 0.203 e. The molecule has 0 saturated carbocycles. The lowest BCUT2D eigenvalue weighted by Crippen LogP contribution is -2.07. The maximum absolute atomic E-state index is 13.4. The SMILES string of the molecule is COc1cc(C(=O)c2cc(-c3ccco3)cc(OC)c2OC)cc(OC)c1OC. The number of furan rings is 1. The van der Waals surface area contributed by atoms with Gasteiger partial charge in [-0.15, -0.1) is 0 Å². The van der Waals surface area contributed by atoms with Gasteiger partial charge >= 0.3 is 0 Å². The van der Waals surface area contributed by atoms with Crippen LogP contribution < -0.4 is 23.7 Å². The number of methoxy groups -OCH3 is 5. The maximum Gasteiger partial charge on any atom is 0.203 e. The largest absolute Gasteiger partial charge is 0.493 e. The van der Waals surface area contributed by atoms with Crippen molar-refractivity contribution in [3.05, 3.63) is 53.8 Å². The summed E-state index contributed by atoms with van der Waals surface area (Å²) in [5.74, 6) is 2.20. The van der Waals surface area contributed by atoms with Gasteiger partial charge in [0.1, 0.15) is 5.76 Å². The Morgan fingerprint density at radius 3 is 1.83 bits per heavy atom. The third-order valence-electron chi connectivity index (χ3n) is 4.46. The van der Waals surface area contributed by atoms with Crippen LogP contribution in [0.3, 0.4) is 0 Å². The van der Waals surface area contributed by atoms with E-state index in [1.54, 1.807) is 42.7 Å². The number of benzene rings is 2. The van der Waals surface area contributed by atoms with Crippen molar-refractivity contribution in [2.45, 2.75) is 0 Å². The second kappa shape index (κ2) is 8.60. The van der Waals surface area contributed by atoms with E-state index in [1.165, 1.54) is 35.5 Å². The van der Waals surface area contributed by atoms with Crippen molar-refractivity contribution in [2.75, 3.05) is 35.5 Å². The molecular formula is C22H22O7. The van der Waals surface area contributed by atoms with Crippen molar-refractivity contribution in [2.24, 2.45) is 0 Å². The van der Waals surface area contributed by atoms with Gasteiger partial charge in [0, 0.05) is 11.1 Å². The van der Waals surface area contributed by atoms with Gasteiger partial charge in [-0.1, -0.05) is 0 Å². The molecule has 0 atom stereocenters. The summed E-state index contributed by atoms with van der Waals surface area (Å²) in [7, 11) is 7.48. The molecule has 7 heteroatoms. The van der Waals surface area contributed by atoms with E-state index in [0.29, 0.717) is 51.2 Å². The lowest BCUT2D eigenvalue weighted by molar-refractivity contribution is 0.103. The summed E-state index contributed by atoms with van der Waals surface area (Å²) in [4.78, 5) is 13.4. The van der Waals surface area contributed by atoms with Gasteiger partial charge in [0.2, 0.25) is 5.75 Å². The molecule has 0 unspecified atom stereocenters. The van der Waals surface area contributed by atoms with Crippen molar-refractivity contribution in [1.82, 2.24) is 0 Å². The fourth-order valence-corrected chi connectivity index (χ4v) is 3.09. The Morgan fingerprint density at radius 1 is 0.759 bits per heavy atom. The molecule has 1 aromatic heterocycles. The fraction of sp³-hybridized carbons (Fsp3) is 0.227. The monoisotopic (exact) mass is 398 g/mol. The number of hydrogen-bond acceptors (Lipinski definition) is 7. The van der Waals surface area contributed by atoms with Gasteiger partial charge in [-0.3, -0.25) is 4.79 Å². The molecule has 2 aromatic carbocycles. The lowest BCUT2D eigenvalue weighted by atomic mass is 9.98. The van der Waals surface area contributed by atoms with E-state index in [2.05, 4.69) is 0 Å². The molecule has 0 fully saturated rings. The van der Waals surface area contributed by atoms with Crippen molar-refractivity contribution in [3.63, 3.8) is 0 Å². The molecule has 29 heavy (non-hydrogen) atoms. The number of hydrogen-bond donors (Lipinski definition) is 0. The predicted octanol–water partition coefficient (Wildman–Crippen LogP) is 4.22. The van der Waals surface area contributed by atoms with E-state index in [4.69, 9.17) is 28.1 Å². The van der Waals surface area contributed by atoms with Gasteiger partial charge in [-0.2, -0.15) is 0 Å². The average molecular weight is 398 g/mol. The number of rotatable bonds is 8. The highest BCUT2D eigenvalue weighted by Gasteiger charge is 2.24. The molecule has 0 N–H and O–H groups in total. The summed E-state index contributed by atoms with van der Waals surface area (Å²) in [6.45, 7) is 0. The van der Waals surface area contributed by atoms with E-state index in [1.807, 2.05) is 0 Å². The summed E-state index contributed by atoms with van der Waals surface area (Å²) < 4.78 is 32.4. The van der Waals surface area contributed by atoms with E-state index < -0.39 is 0 Å². The first-order chi connectivity index (χ1) is 14.1. The molecule has 152 valence electrons.